The van der Waals surface area contributed by atoms with Gasteiger partial charge in [-0.2, -0.15) is 0 Å². The van der Waals surface area contributed by atoms with Gasteiger partial charge in [0.2, 0.25) is 0 Å². The molecule has 0 unspecified atom stereocenters. The van der Waals surface area contributed by atoms with E-state index in [1.807, 2.05) is 70.2 Å². The van der Waals surface area contributed by atoms with Crippen molar-refractivity contribution in [2.75, 3.05) is 6.61 Å². The lowest BCUT2D eigenvalue weighted by molar-refractivity contribution is 0.0983. The lowest BCUT2D eigenvalue weighted by Gasteiger charge is -2.15. The Morgan fingerprint density at radius 3 is 2.38 bits per heavy atom. The van der Waals surface area contributed by atoms with Crippen LogP contribution in [0.3, 0.4) is 0 Å². The fraction of sp³-hybridized carbons (Fsp3) is 0.381. The first-order valence-electron chi connectivity index (χ1n) is 8.52. The van der Waals surface area contributed by atoms with E-state index in [1.165, 1.54) is 0 Å². The molecule has 0 amide bonds. The predicted molar refractivity (Wildman–Crippen MR) is 97.2 cm³/mol. The van der Waals surface area contributed by atoms with Crippen molar-refractivity contribution in [2.24, 2.45) is 0 Å². The minimum atomic E-state index is 0.0955. The normalized spacial score (nSPS) is 10.7. The lowest BCUT2D eigenvalue weighted by Crippen LogP contribution is -2.08. The molecule has 0 atom stereocenters. The van der Waals surface area contributed by atoms with Gasteiger partial charge >= 0.3 is 0 Å². The summed E-state index contributed by atoms with van der Waals surface area (Å²) in [4.78, 5) is 12.3. The van der Waals surface area contributed by atoms with Crippen LogP contribution < -0.4 is 9.47 Å². The van der Waals surface area contributed by atoms with Gasteiger partial charge < -0.3 is 9.47 Å². The monoisotopic (exact) mass is 326 g/mol. The Labute approximate surface area is 144 Å². The number of Topliss-reactive ketones (excluding diaryl/α,β-unsaturated/α-hetero) is 1. The summed E-state index contributed by atoms with van der Waals surface area (Å²) in [6.45, 7) is 8.53. The van der Waals surface area contributed by atoms with Crippen LogP contribution in [0.2, 0.25) is 0 Å². The van der Waals surface area contributed by atoms with Gasteiger partial charge in [0.1, 0.15) is 0 Å². The molecule has 0 heterocycles. The number of aryl methyl sites for hydroxylation is 2. The molecule has 0 aromatic heterocycles. The van der Waals surface area contributed by atoms with Crippen LogP contribution in [0.5, 0.6) is 11.5 Å². The second-order valence-corrected chi connectivity index (χ2v) is 6.17. The van der Waals surface area contributed by atoms with Crippen molar-refractivity contribution in [3.05, 3.63) is 59.2 Å². The van der Waals surface area contributed by atoms with Gasteiger partial charge in [-0.3, -0.25) is 4.79 Å². The summed E-state index contributed by atoms with van der Waals surface area (Å²) in [5.41, 5.74) is 3.01. The van der Waals surface area contributed by atoms with E-state index < -0.39 is 0 Å². The average Bonchev–Trinajstić information content (AvgIpc) is 2.55. The Kier molecular flexibility index (Phi) is 6.42. The molecule has 2 aromatic rings. The van der Waals surface area contributed by atoms with Crippen LogP contribution in [-0.4, -0.2) is 18.5 Å². The molecule has 128 valence electrons. The van der Waals surface area contributed by atoms with Crippen LogP contribution in [0.25, 0.3) is 0 Å². The number of hydrogen-bond donors (Lipinski definition) is 0. The third-order valence-electron chi connectivity index (χ3n) is 3.68. The van der Waals surface area contributed by atoms with Crippen molar-refractivity contribution in [2.45, 2.75) is 46.6 Å². The summed E-state index contributed by atoms with van der Waals surface area (Å²) in [7, 11) is 0. The number of ketones is 1. The first kappa shape index (κ1) is 18.1. The van der Waals surface area contributed by atoms with Crippen LogP contribution in [0.15, 0.2) is 42.5 Å². The van der Waals surface area contributed by atoms with Crippen molar-refractivity contribution in [3.8, 4) is 11.5 Å². The number of carbonyl (C=O) groups excluding carboxylic acids is 1. The highest BCUT2D eigenvalue weighted by Crippen LogP contribution is 2.30. The average molecular weight is 326 g/mol. The fourth-order valence-electron chi connectivity index (χ4n) is 2.47. The third kappa shape index (κ3) is 5.12. The molecule has 0 radical (unpaired) electrons. The van der Waals surface area contributed by atoms with E-state index in [0.29, 0.717) is 19.4 Å². The van der Waals surface area contributed by atoms with E-state index in [2.05, 4.69) is 0 Å². The number of hydrogen-bond acceptors (Lipinski definition) is 3. The van der Waals surface area contributed by atoms with Crippen LogP contribution in [0, 0.1) is 6.92 Å². The smallest absolute Gasteiger partial charge is 0.163 e. The summed E-state index contributed by atoms with van der Waals surface area (Å²) in [6.07, 6.45) is 1.27. The van der Waals surface area contributed by atoms with E-state index in [1.54, 1.807) is 0 Å². The summed E-state index contributed by atoms with van der Waals surface area (Å²) < 4.78 is 11.4. The second-order valence-electron chi connectivity index (χ2n) is 6.17. The van der Waals surface area contributed by atoms with Gasteiger partial charge in [-0.25, -0.2) is 0 Å². The van der Waals surface area contributed by atoms with Crippen LogP contribution in [0.1, 0.15) is 48.7 Å². The third-order valence-corrected chi connectivity index (χ3v) is 3.68. The molecular weight excluding hydrogens is 300 g/mol. The van der Waals surface area contributed by atoms with E-state index in [9.17, 15) is 4.79 Å². The highest BCUT2D eigenvalue weighted by molar-refractivity contribution is 5.96. The standard InChI is InChI=1S/C21H26O3/c1-5-23-21-14-17(9-13-20(21)24-15(2)3)8-12-19(22)18-10-6-16(4)7-11-18/h6-7,9-11,13-15H,5,8,12H2,1-4H3. The number of benzene rings is 2. The first-order valence-corrected chi connectivity index (χ1v) is 8.52. The predicted octanol–water partition coefficient (Wildman–Crippen LogP) is 5.00. The zero-order chi connectivity index (χ0) is 17.5. The first-order chi connectivity index (χ1) is 11.5. The summed E-state index contributed by atoms with van der Waals surface area (Å²) in [6, 6.07) is 13.6. The van der Waals surface area contributed by atoms with Gasteiger partial charge in [0.15, 0.2) is 17.3 Å². The summed E-state index contributed by atoms with van der Waals surface area (Å²) in [5, 5.41) is 0. The van der Waals surface area contributed by atoms with Gasteiger partial charge in [0.05, 0.1) is 12.7 Å². The number of carbonyl (C=O) groups is 1. The van der Waals surface area contributed by atoms with Gasteiger partial charge in [-0.15, -0.1) is 0 Å². The van der Waals surface area contributed by atoms with E-state index in [-0.39, 0.29) is 11.9 Å². The molecule has 0 bridgehead atoms. The Morgan fingerprint density at radius 1 is 1.04 bits per heavy atom. The minimum absolute atomic E-state index is 0.0955. The van der Waals surface area contributed by atoms with Gasteiger partial charge in [0.25, 0.3) is 0 Å². The molecule has 2 aromatic carbocycles. The summed E-state index contributed by atoms with van der Waals surface area (Å²) in [5.74, 6) is 1.66. The number of rotatable bonds is 8. The topological polar surface area (TPSA) is 35.5 Å². The molecule has 0 aliphatic carbocycles. The van der Waals surface area contributed by atoms with Crippen molar-refractivity contribution in [3.63, 3.8) is 0 Å². The molecule has 0 saturated heterocycles. The molecule has 0 N–H and O–H groups in total. The number of ether oxygens (including phenoxy) is 2. The maximum atomic E-state index is 12.3. The van der Waals surface area contributed by atoms with Gasteiger partial charge in [-0.05, 0) is 51.8 Å². The zero-order valence-electron chi connectivity index (χ0n) is 15.0. The van der Waals surface area contributed by atoms with E-state index in [0.717, 1.165) is 28.2 Å². The Hall–Kier alpha value is -2.29. The fourth-order valence-corrected chi connectivity index (χ4v) is 2.47. The molecule has 0 fully saturated rings. The zero-order valence-corrected chi connectivity index (χ0v) is 15.0. The quantitative estimate of drug-likeness (QED) is 0.641. The highest BCUT2D eigenvalue weighted by atomic mass is 16.5. The molecule has 24 heavy (non-hydrogen) atoms. The van der Waals surface area contributed by atoms with Crippen LogP contribution in [0.4, 0.5) is 0 Å². The Morgan fingerprint density at radius 2 is 1.75 bits per heavy atom. The molecule has 3 heteroatoms. The maximum Gasteiger partial charge on any atom is 0.163 e. The molecule has 2 rings (SSSR count). The molecule has 0 spiro atoms. The molecule has 3 nitrogen and oxygen atoms in total. The minimum Gasteiger partial charge on any atom is -0.490 e. The molecule has 0 aliphatic heterocycles. The second kappa shape index (κ2) is 8.53. The van der Waals surface area contributed by atoms with Crippen molar-refractivity contribution < 1.29 is 14.3 Å². The molecular formula is C21H26O3. The van der Waals surface area contributed by atoms with Gasteiger partial charge in [-0.1, -0.05) is 35.9 Å². The van der Waals surface area contributed by atoms with Crippen molar-refractivity contribution >= 4 is 5.78 Å². The highest BCUT2D eigenvalue weighted by Gasteiger charge is 2.10. The maximum absolute atomic E-state index is 12.3. The lowest BCUT2D eigenvalue weighted by atomic mass is 10.0. The Bertz CT molecular complexity index is 672. The SMILES string of the molecule is CCOc1cc(CCC(=O)c2ccc(C)cc2)ccc1OC(C)C. The molecule has 0 aliphatic rings. The van der Waals surface area contributed by atoms with Crippen molar-refractivity contribution in [1.82, 2.24) is 0 Å². The Balaban J connectivity index is 2.05. The van der Waals surface area contributed by atoms with Crippen LogP contribution >= 0.6 is 0 Å². The molecule has 0 saturated carbocycles. The van der Waals surface area contributed by atoms with E-state index in [4.69, 9.17) is 9.47 Å². The van der Waals surface area contributed by atoms with Gasteiger partial charge in [0, 0.05) is 12.0 Å². The van der Waals surface area contributed by atoms with E-state index >= 15 is 0 Å². The van der Waals surface area contributed by atoms with Crippen molar-refractivity contribution in [1.29, 1.82) is 0 Å². The largest absolute Gasteiger partial charge is 0.490 e. The summed E-state index contributed by atoms with van der Waals surface area (Å²) >= 11 is 0. The van der Waals surface area contributed by atoms with Crippen LogP contribution in [-0.2, 0) is 6.42 Å².